The lowest BCUT2D eigenvalue weighted by atomic mass is 10.2. The maximum Gasteiger partial charge on any atom is 0.214 e. The summed E-state index contributed by atoms with van der Waals surface area (Å²) in [6.07, 6.45) is 0.605. The van der Waals surface area contributed by atoms with E-state index < -0.39 is 10.0 Å². The Labute approximate surface area is 127 Å². The Kier molecular flexibility index (Phi) is 6.95. The van der Waals surface area contributed by atoms with Crippen LogP contribution in [0, 0.1) is 0 Å². The first-order valence-corrected chi connectivity index (χ1v) is 8.72. The molecule has 0 aliphatic rings. The van der Waals surface area contributed by atoms with Gasteiger partial charge >= 0.3 is 0 Å². The van der Waals surface area contributed by atoms with Crippen LogP contribution in [-0.4, -0.2) is 38.1 Å². The number of hydrogen-bond acceptors (Lipinski definition) is 3. The van der Waals surface area contributed by atoms with E-state index in [9.17, 15) is 8.42 Å². The van der Waals surface area contributed by atoms with Gasteiger partial charge in [0.25, 0.3) is 0 Å². The fourth-order valence-electron chi connectivity index (χ4n) is 1.77. The lowest BCUT2D eigenvalue weighted by molar-refractivity contribution is 0.463. The highest BCUT2D eigenvalue weighted by Crippen LogP contribution is 2.17. The summed E-state index contributed by atoms with van der Waals surface area (Å²) < 4.78 is 25.7. The Balaban J connectivity index is 2.53. The number of nitrogens with one attached hydrogen (secondary N) is 1. The van der Waals surface area contributed by atoms with E-state index in [2.05, 4.69) is 5.32 Å². The van der Waals surface area contributed by atoms with Crippen LogP contribution in [0.5, 0.6) is 0 Å². The zero-order chi connectivity index (χ0) is 15.2. The zero-order valence-corrected chi connectivity index (χ0v) is 13.8. The van der Waals surface area contributed by atoms with Crippen LogP contribution in [0.25, 0.3) is 0 Å². The first kappa shape index (κ1) is 17.4. The molecule has 4 nitrogen and oxygen atoms in total. The van der Waals surface area contributed by atoms with Crippen molar-refractivity contribution < 1.29 is 8.42 Å². The smallest absolute Gasteiger partial charge is 0.214 e. The standard InChI is InChI=1S/C14H23ClN2O2S/c1-12(2)16-9-6-10-20(18,19)17(3)11-13-7-4-5-8-14(13)15/h4-5,7-8,12,16H,6,9-11H2,1-3H3. The lowest BCUT2D eigenvalue weighted by Crippen LogP contribution is -2.31. The van der Waals surface area contributed by atoms with Crippen molar-refractivity contribution in [2.45, 2.75) is 32.9 Å². The van der Waals surface area contributed by atoms with Crippen LogP contribution in [0.1, 0.15) is 25.8 Å². The Morgan fingerprint density at radius 1 is 1.30 bits per heavy atom. The van der Waals surface area contributed by atoms with Crippen LogP contribution in [0.2, 0.25) is 5.02 Å². The van der Waals surface area contributed by atoms with E-state index in [4.69, 9.17) is 11.6 Å². The van der Waals surface area contributed by atoms with Gasteiger partial charge in [-0.2, -0.15) is 0 Å². The highest BCUT2D eigenvalue weighted by molar-refractivity contribution is 7.89. The van der Waals surface area contributed by atoms with E-state index in [-0.39, 0.29) is 5.75 Å². The maximum absolute atomic E-state index is 12.1. The van der Waals surface area contributed by atoms with Crippen LogP contribution >= 0.6 is 11.6 Å². The first-order valence-electron chi connectivity index (χ1n) is 6.73. The minimum atomic E-state index is -3.24. The van der Waals surface area contributed by atoms with Gasteiger partial charge in [0, 0.05) is 24.7 Å². The highest BCUT2D eigenvalue weighted by Gasteiger charge is 2.18. The molecule has 0 radical (unpaired) electrons. The van der Waals surface area contributed by atoms with Crippen molar-refractivity contribution in [2.24, 2.45) is 0 Å². The number of sulfonamides is 1. The third kappa shape index (κ3) is 5.79. The maximum atomic E-state index is 12.1. The molecule has 0 aromatic heterocycles. The summed E-state index contributed by atoms with van der Waals surface area (Å²) in [6.45, 7) is 5.09. The van der Waals surface area contributed by atoms with Gasteiger partial charge in [-0.1, -0.05) is 43.6 Å². The van der Waals surface area contributed by atoms with Crippen molar-refractivity contribution in [1.82, 2.24) is 9.62 Å². The second-order valence-corrected chi connectivity index (χ2v) is 7.73. The molecule has 20 heavy (non-hydrogen) atoms. The Morgan fingerprint density at radius 2 is 1.95 bits per heavy atom. The molecule has 1 rings (SSSR count). The predicted molar refractivity (Wildman–Crippen MR) is 84.5 cm³/mol. The summed E-state index contributed by atoms with van der Waals surface area (Å²) in [5.74, 6) is 0.147. The van der Waals surface area contributed by atoms with E-state index in [1.54, 1.807) is 13.1 Å². The molecule has 1 aromatic rings. The summed E-state index contributed by atoms with van der Waals surface area (Å²) >= 11 is 6.05. The largest absolute Gasteiger partial charge is 0.314 e. The molecule has 0 atom stereocenters. The minimum absolute atomic E-state index is 0.147. The molecule has 0 spiro atoms. The summed E-state index contributed by atoms with van der Waals surface area (Å²) in [5, 5.41) is 3.81. The topological polar surface area (TPSA) is 49.4 Å². The Bertz CT molecular complexity index is 518. The van der Waals surface area contributed by atoms with E-state index >= 15 is 0 Å². The number of benzene rings is 1. The lowest BCUT2D eigenvalue weighted by Gasteiger charge is -2.18. The van der Waals surface area contributed by atoms with E-state index in [1.165, 1.54) is 4.31 Å². The van der Waals surface area contributed by atoms with Crippen molar-refractivity contribution in [1.29, 1.82) is 0 Å². The minimum Gasteiger partial charge on any atom is -0.314 e. The van der Waals surface area contributed by atoms with Gasteiger partial charge < -0.3 is 5.32 Å². The number of halogens is 1. The number of rotatable bonds is 8. The fourth-order valence-corrected chi connectivity index (χ4v) is 3.12. The van der Waals surface area contributed by atoms with Gasteiger partial charge in [0.1, 0.15) is 0 Å². The molecule has 0 aliphatic heterocycles. The molecule has 0 fully saturated rings. The molecular formula is C14H23ClN2O2S. The second kappa shape index (κ2) is 7.98. The normalized spacial score (nSPS) is 12.3. The van der Waals surface area contributed by atoms with Crippen molar-refractivity contribution >= 4 is 21.6 Å². The first-order chi connectivity index (χ1) is 9.33. The van der Waals surface area contributed by atoms with Gasteiger partial charge in [-0.25, -0.2) is 12.7 Å². The summed E-state index contributed by atoms with van der Waals surface area (Å²) in [4.78, 5) is 0. The van der Waals surface area contributed by atoms with Crippen molar-refractivity contribution in [3.05, 3.63) is 34.9 Å². The molecule has 0 unspecified atom stereocenters. The van der Waals surface area contributed by atoms with Crippen LogP contribution in [0.4, 0.5) is 0 Å². The van der Waals surface area contributed by atoms with E-state index in [1.807, 2.05) is 32.0 Å². The van der Waals surface area contributed by atoms with Crippen molar-refractivity contribution in [3.8, 4) is 0 Å². The molecule has 114 valence electrons. The molecule has 0 amide bonds. The average molecular weight is 319 g/mol. The van der Waals surface area contributed by atoms with Crippen molar-refractivity contribution in [2.75, 3.05) is 19.3 Å². The van der Waals surface area contributed by atoms with Gasteiger partial charge in [0.15, 0.2) is 0 Å². The third-order valence-electron chi connectivity index (χ3n) is 2.96. The predicted octanol–water partition coefficient (Wildman–Crippen LogP) is 2.49. The monoisotopic (exact) mass is 318 g/mol. The fraction of sp³-hybridized carbons (Fsp3) is 0.571. The van der Waals surface area contributed by atoms with Gasteiger partial charge in [-0.3, -0.25) is 0 Å². The average Bonchev–Trinajstić information content (AvgIpc) is 2.37. The third-order valence-corrected chi connectivity index (χ3v) is 5.21. The number of nitrogens with zero attached hydrogens (tertiary/aromatic N) is 1. The van der Waals surface area contributed by atoms with Gasteiger partial charge in [0.05, 0.1) is 5.75 Å². The quantitative estimate of drug-likeness (QED) is 0.749. The Hall–Kier alpha value is -0.620. The molecule has 1 aromatic carbocycles. The molecule has 6 heteroatoms. The van der Waals surface area contributed by atoms with Gasteiger partial charge in [0.2, 0.25) is 10.0 Å². The molecular weight excluding hydrogens is 296 g/mol. The number of hydrogen-bond donors (Lipinski definition) is 1. The van der Waals surface area contributed by atoms with Crippen LogP contribution in [0.3, 0.4) is 0 Å². The van der Waals surface area contributed by atoms with Gasteiger partial charge in [-0.05, 0) is 24.6 Å². The molecule has 1 N–H and O–H groups in total. The molecule has 0 bridgehead atoms. The van der Waals surface area contributed by atoms with Crippen LogP contribution < -0.4 is 5.32 Å². The van der Waals surface area contributed by atoms with Crippen molar-refractivity contribution in [3.63, 3.8) is 0 Å². The summed E-state index contributed by atoms with van der Waals surface area (Å²) in [5.41, 5.74) is 0.820. The Morgan fingerprint density at radius 3 is 2.55 bits per heavy atom. The van der Waals surface area contributed by atoms with Gasteiger partial charge in [-0.15, -0.1) is 0 Å². The molecule has 0 aliphatic carbocycles. The SMILES string of the molecule is CC(C)NCCCS(=O)(=O)N(C)Cc1ccccc1Cl. The molecule has 0 saturated heterocycles. The molecule has 0 saturated carbocycles. The second-order valence-electron chi connectivity index (χ2n) is 5.13. The van der Waals surface area contributed by atoms with E-state index in [0.717, 1.165) is 5.56 Å². The highest BCUT2D eigenvalue weighted by atomic mass is 35.5. The molecule has 0 heterocycles. The zero-order valence-electron chi connectivity index (χ0n) is 12.3. The van der Waals surface area contributed by atoms with Crippen LogP contribution in [0.15, 0.2) is 24.3 Å². The van der Waals surface area contributed by atoms with Crippen LogP contribution in [-0.2, 0) is 16.6 Å². The summed E-state index contributed by atoms with van der Waals surface area (Å²) in [7, 11) is -1.65. The summed E-state index contributed by atoms with van der Waals surface area (Å²) in [6, 6.07) is 7.67. The van der Waals surface area contributed by atoms with E-state index in [0.29, 0.717) is 30.6 Å².